The van der Waals surface area contributed by atoms with Gasteiger partial charge in [0.15, 0.2) is 0 Å². The molecule has 0 radical (unpaired) electrons. The van der Waals surface area contributed by atoms with Crippen molar-refractivity contribution in [1.82, 2.24) is 14.3 Å². The van der Waals surface area contributed by atoms with E-state index in [1.165, 1.54) is 11.1 Å². The van der Waals surface area contributed by atoms with Crippen LogP contribution < -0.4 is 10.4 Å². The van der Waals surface area contributed by atoms with E-state index in [1.54, 1.807) is 11.8 Å². The Labute approximate surface area is 160 Å². The molecule has 0 atom stereocenters. The molecule has 2 aromatic carbocycles. The van der Waals surface area contributed by atoms with Gasteiger partial charge in [-0.05, 0) is 43.0 Å². The van der Waals surface area contributed by atoms with Crippen molar-refractivity contribution < 1.29 is 4.74 Å². The van der Waals surface area contributed by atoms with Crippen LogP contribution in [0.1, 0.15) is 35.9 Å². The lowest BCUT2D eigenvalue weighted by atomic mass is 10.1. The number of ether oxygens (including phenoxy) is 1. The summed E-state index contributed by atoms with van der Waals surface area (Å²) in [5.74, 6) is 1.70. The molecule has 1 heterocycles. The molecule has 0 unspecified atom stereocenters. The smallest absolute Gasteiger partial charge is 0.346 e. The van der Waals surface area contributed by atoms with Crippen molar-refractivity contribution in [3.8, 4) is 5.75 Å². The van der Waals surface area contributed by atoms with Crippen LogP contribution in [0.15, 0.2) is 53.3 Å². The lowest BCUT2D eigenvalue weighted by Gasteiger charge is -2.05. The Balaban J connectivity index is 1.78. The first-order valence-electron chi connectivity index (χ1n) is 9.45. The van der Waals surface area contributed by atoms with Gasteiger partial charge >= 0.3 is 5.69 Å². The molecular formula is C22H27N3O2. The fourth-order valence-electron chi connectivity index (χ4n) is 3.14. The van der Waals surface area contributed by atoms with Gasteiger partial charge in [-0.3, -0.25) is 4.57 Å². The van der Waals surface area contributed by atoms with Gasteiger partial charge in [0.25, 0.3) is 0 Å². The van der Waals surface area contributed by atoms with Crippen molar-refractivity contribution in [2.45, 2.75) is 46.2 Å². The molecule has 0 aliphatic rings. The number of benzene rings is 2. The van der Waals surface area contributed by atoms with Crippen LogP contribution in [0, 0.1) is 6.92 Å². The van der Waals surface area contributed by atoms with Gasteiger partial charge in [-0.2, -0.15) is 5.10 Å². The first kappa shape index (κ1) is 19.0. The maximum Gasteiger partial charge on any atom is 0.346 e. The van der Waals surface area contributed by atoms with E-state index in [0.717, 1.165) is 36.4 Å². The second-order valence-corrected chi connectivity index (χ2v) is 6.84. The molecule has 0 amide bonds. The van der Waals surface area contributed by atoms with E-state index in [4.69, 9.17) is 4.74 Å². The summed E-state index contributed by atoms with van der Waals surface area (Å²) in [5.41, 5.74) is 3.48. The van der Waals surface area contributed by atoms with Crippen LogP contribution in [-0.2, 0) is 25.9 Å². The zero-order valence-corrected chi connectivity index (χ0v) is 16.3. The highest BCUT2D eigenvalue weighted by atomic mass is 16.5. The molecule has 0 saturated heterocycles. The molecule has 3 aromatic rings. The summed E-state index contributed by atoms with van der Waals surface area (Å²) in [5, 5.41) is 4.64. The second-order valence-electron chi connectivity index (χ2n) is 6.84. The Bertz CT molecular complexity index is 922. The molecule has 5 heteroatoms. The molecule has 0 saturated carbocycles. The van der Waals surface area contributed by atoms with Gasteiger partial charge in [0.2, 0.25) is 0 Å². The van der Waals surface area contributed by atoms with Crippen LogP contribution in [0.5, 0.6) is 5.75 Å². The Morgan fingerprint density at radius 3 is 2.26 bits per heavy atom. The number of hydrogen-bond donors (Lipinski definition) is 0. The van der Waals surface area contributed by atoms with E-state index in [9.17, 15) is 4.79 Å². The SMILES string of the molecule is CCCn1c(CCc2ccc(OC)cc2)nn(Cc2ccc(C)cc2)c1=O. The highest BCUT2D eigenvalue weighted by molar-refractivity contribution is 5.27. The molecule has 1 aromatic heterocycles. The first-order chi connectivity index (χ1) is 13.1. The van der Waals surface area contributed by atoms with E-state index in [2.05, 4.69) is 55.3 Å². The van der Waals surface area contributed by atoms with Crippen molar-refractivity contribution in [3.63, 3.8) is 0 Å². The Hall–Kier alpha value is -2.82. The van der Waals surface area contributed by atoms with Crippen molar-refractivity contribution >= 4 is 0 Å². The maximum absolute atomic E-state index is 12.8. The third kappa shape index (κ3) is 4.67. The minimum absolute atomic E-state index is 0.0258. The van der Waals surface area contributed by atoms with Crippen LogP contribution in [0.3, 0.4) is 0 Å². The van der Waals surface area contributed by atoms with Crippen LogP contribution in [-0.4, -0.2) is 21.5 Å². The molecule has 0 N–H and O–H groups in total. The average molecular weight is 365 g/mol. The highest BCUT2D eigenvalue weighted by Gasteiger charge is 2.13. The topological polar surface area (TPSA) is 49.0 Å². The quantitative estimate of drug-likeness (QED) is 0.613. The van der Waals surface area contributed by atoms with Gasteiger partial charge < -0.3 is 4.74 Å². The summed E-state index contributed by atoms with van der Waals surface area (Å²) in [6.07, 6.45) is 2.49. The standard InChI is InChI=1S/C22H27N3O2/c1-4-15-24-21(14-11-18-9-12-20(27-3)13-10-18)23-25(22(24)26)16-19-7-5-17(2)6-8-19/h5-10,12-13H,4,11,14-16H2,1-3H3. The predicted molar refractivity (Wildman–Crippen MR) is 107 cm³/mol. The molecule has 0 aliphatic heterocycles. The van der Waals surface area contributed by atoms with E-state index in [1.807, 2.05) is 16.7 Å². The zero-order chi connectivity index (χ0) is 19.2. The normalized spacial score (nSPS) is 10.9. The molecular weight excluding hydrogens is 338 g/mol. The van der Waals surface area contributed by atoms with Gasteiger partial charge in [0, 0.05) is 13.0 Å². The lowest BCUT2D eigenvalue weighted by Crippen LogP contribution is -2.26. The van der Waals surface area contributed by atoms with Crippen molar-refractivity contribution in [2.24, 2.45) is 0 Å². The summed E-state index contributed by atoms with van der Waals surface area (Å²) in [6, 6.07) is 16.3. The largest absolute Gasteiger partial charge is 0.497 e. The van der Waals surface area contributed by atoms with Gasteiger partial charge in [-0.15, -0.1) is 0 Å². The van der Waals surface area contributed by atoms with Crippen molar-refractivity contribution in [3.05, 3.63) is 81.5 Å². The molecule has 142 valence electrons. The minimum Gasteiger partial charge on any atom is -0.497 e. The third-order valence-electron chi connectivity index (χ3n) is 4.70. The number of hydrogen-bond acceptors (Lipinski definition) is 3. The van der Waals surface area contributed by atoms with Crippen molar-refractivity contribution in [1.29, 1.82) is 0 Å². The van der Waals surface area contributed by atoms with Crippen LogP contribution in [0.2, 0.25) is 0 Å². The van der Waals surface area contributed by atoms with Gasteiger partial charge in [-0.1, -0.05) is 48.9 Å². The van der Waals surface area contributed by atoms with E-state index in [-0.39, 0.29) is 5.69 Å². The van der Waals surface area contributed by atoms with Crippen LogP contribution in [0.25, 0.3) is 0 Å². The Kier molecular flexibility index (Phi) is 6.12. The van der Waals surface area contributed by atoms with Gasteiger partial charge in [0.1, 0.15) is 11.6 Å². The van der Waals surface area contributed by atoms with E-state index < -0.39 is 0 Å². The molecule has 3 rings (SSSR count). The van der Waals surface area contributed by atoms with Gasteiger partial charge in [0.05, 0.1) is 13.7 Å². The van der Waals surface area contributed by atoms with Crippen LogP contribution >= 0.6 is 0 Å². The van der Waals surface area contributed by atoms with E-state index >= 15 is 0 Å². The molecule has 0 spiro atoms. The monoisotopic (exact) mass is 365 g/mol. The number of nitrogens with zero attached hydrogens (tertiary/aromatic N) is 3. The molecule has 27 heavy (non-hydrogen) atoms. The molecule has 5 nitrogen and oxygen atoms in total. The molecule has 0 aliphatic carbocycles. The fourth-order valence-corrected chi connectivity index (χ4v) is 3.14. The maximum atomic E-state index is 12.8. The summed E-state index contributed by atoms with van der Waals surface area (Å²) >= 11 is 0. The lowest BCUT2D eigenvalue weighted by molar-refractivity contribution is 0.414. The second kappa shape index (κ2) is 8.71. The van der Waals surface area contributed by atoms with Crippen molar-refractivity contribution in [2.75, 3.05) is 7.11 Å². The highest BCUT2D eigenvalue weighted by Crippen LogP contribution is 2.13. The van der Waals surface area contributed by atoms with Gasteiger partial charge in [-0.25, -0.2) is 9.48 Å². The minimum atomic E-state index is -0.0258. The zero-order valence-electron chi connectivity index (χ0n) is 16.3. The predicted octanol–water partition coefficient (Wildman–Crippen LogP) is 3.61. The molecule has 0 fully saturated rings. The summed E-state index contributed by atoms with van der Waals surface area (Å²) in [4.78, 5) is 12.8. The first-order valence-corrected chi connectivity index (χ1v) is 9.45. The number of methoxy groups -OCH3 is 1. The number of rotatable bonds is 8. The van der Waals surface area contributed by atoms with E-state index in [0.29, 0.717) is 13.1 Å². The summed E-state index contributed by atoms with van der Waals surface area (Å²) in [7, 11) is 1.67. The average Bonchev–Trinajstić information content (AvgIpc) is 2.98. The Morgan fingerprint density at radius 1 is 0.963 bits per heavy atom. The molecule has 0 bridgehead atoms. The summed E-state index contributed by atoms with van der Waals surface area (Å²) in [6.45, 7) is 5.34. The number of aromatic nitrogens is 3. The Morgan fingerprint density at radius 2 is 1.63 bits per heavy atom. The fraction of sp³-hybridized carbons (Fsp3) is 0.364. The third-order valence-corrected chi connectivity index (χ3v) is 4.70. The van der Waals surface area contributed by atoms with Crippen LogP contribution in [0.4, 0.5) is 0 Å². The summed E-state index contributed by atoms with van der Waals surface area (Å²) < 4.78 is 8.61. The number of aryl methyl sites for hydroxylation is 3.